The molecule has 1 N–H and O–H groups in total. The minimum Gasteiger partial charge on any atom is -0.492 e. The van der Waals surface area contributed by atoms with Crippen LogP contribution in [0, 0.1) is 0 Å². The molecular formula is C36H40ClN3O5S. The van der Waals surface area contributed by atoms with Crippen LogP contribution in [0.25, 0.3) is 0 Å². The highest BCUT2D eigenvalue weighted by atomic mass is 35.5. The predicted octanol–water partition coefficient (Wildman–Crippen LogP) is 6.49. The number of hydrogen-bond acceptors (Lipinski definition) is 5. The lowest BCUT2D eigenvalue weighted by atomic mass is 10.0. The first-order valence-electron chi connectivity index (χ1n) is 15.4. The summed E-state index contributed by atoms with van der Waals surface area (Å²) in [5, 5.41) is 3.38. The molecule has 0 aliphatic rings. The second kappa shape index (κ2) is 16.8. The van der Waals surface area contributed by atoms with Crippen molar-refractivity contribution in [1.29, 1.82) is 0 Å². The molecule has 4 aromatic rings. The van der Waals surface area contributed by atoms with Crippen molar-refractivity contribution in [3.63, 3.8) is 0 Å². The molecule has 4 aromatic carbocycles. The zero-order valence-corrected chi connectivity index (χ0v) is 27.7. The van der Waals surface area contributed by atoms with E-state index in [1.54, 1.807) is 31.2 Å². The number of unbranched alkanes of at least 4 members (excludes halogenated alkanes) is 1. The smallest absolute Gasteiger partial charge is 0.264 e. The van der Waals surface area contributed by atoms with E-state index < -0.39 is 28.5 Å². The van der Waals surface area contributed by atoms with Gasteiger partial charge in [-0.15, -0.1) is 0 Å². The Labute approximate surface area is 277 Å². The molecule has 0 radical (unpaired) electrons. The Morgan fingerprint density at radius 2 is 1.43 bits per heavy atom. The number of anilines is 1. The molecule has 2 amide bonds. The number of carbonyl (C=O) groups is 2. The fraction of sp³-hybridized carbons (Fsp3) is 0.278. The van der Waals surface area contributed by atoms with Crippen LogP contribution in [0.3, 0.4) is 0 Å². The van der Waals surface area contributed by atoms with Crippen LogP contribution in [-0.2, 0) is 32.6 Å². The molecule has 242 valence electrons. The molecule has 46 heavy (non-hydrogen) atoms. The number of benzene rings is 4. The minimum absolute atomic E-state index is 0.0382. The normalized spacial score (nSPS) is 11.8. The van der Waals surface area contributed by atoms with Gasteiger partial charge in [-0.05, 0) is 60.9 Å². The molecule has 0 fully saturated rings. The van der Waals surface area contributed by atoms with Gasteiger partial charge in [0, 0.05) is 24.5 Å². The van der Waals surface area contributed by atoms with Gasteiger partial charge < -0.3 is 15.0 Å². The summed E-state index contributed by atoms with van der Waals surface area (Å²) in [5.41, 5.74) is 1.88. The molecular weight excluding hydrogens is 622 g/mol. The van der Waals surface area contributed by atoms with Gasteiger partial charge in [-0.1, -0.05) is 97.7 Å². The van der Waals surface area contributed by atoms with Gasteiger partial charge in [0.05, 0.1) is 17.2 Å². The first-order valence-corrected chi connectivity index (χ1v) is 17.2. The molecule has 0 saturated heterocycles. The maximum absolute atomic E-state index is 14.6. The van der Waals surface area contributed by atoms with Crippen molar-refractivity contribution < 1.29 is 22.7 Å². The molecule has 0 saturated carbocycles. The van der Waals surface area contributed by atoms with Crippen molar-refractivity contribution >= 4 is 39.1 Å². The number of halogens is 1. The van der Waals surface area contributed by atoms with Gasteiger partial charge in [0.25, 0.3) is 10.0 Å². The first-order chi connectivity index (χ1) is 22.2. The maximum Gasteiger partial charge on any atom is 0.264 e. The average Bonchev–Trinajstić information content (AvgIpc) is 3.07. The van der Waals surface area contributed by atoms with E-state index in [9.17, 15) is 18.0 Å². The molecule has 0 spiro atoms. The molecule has 0 heterocycles. The Balaban J connectivity index is 1.81. The van der Waals surface area contributed by atoms with Crippen molar-refractivity contribution in [3.8, 4) is 5.75 Å². The van der Waals surface area contributed by atoms with Crippen LogP contribution in [0.15, 0.2) is 114 Å². The third-order valence-corrected chi connectivity index (χ3v) is 9.44. The highest BCUT2D eigenvalue weighted by Crippen LogP contribution is 2.33. The van der Waals surface area contributed by atoms with Crippen LogP contribution in [0.2, 0.25) is 5.02 Å². The van der Waals surface area contributed by atoms with Gasteiger partial charge in [-0.25, -0.2) is 8.42 Å². The highest BCUT2D eigenvalue weighted by molar-refractivity contribution is 7.92. The van der Waals surface area contributed by atoms with Crippen LogP contribution < -0.4 is 14.4 Å². The molecule has 1 atom stereocenters. The standard InChI is InChI=1S/C36H40ClN3O5S/c1-3-5-24-38-36(42)33(25-28-14-8-6-9-15-28)39(26-29-16-10-7-11-17-29)35(41)27-40(32-18-12-13-19-34(32)45-4-2)46(43,44)31-22-20-30(37)21-23-31/h6-23,33H,3-5,24-27H2,1-2H3,(H,38,42)/t33-/m1/s1. The lowest BCUT2D eigenvalue weighted by Crippen LogP contribution is -2.53. The van der Waals surface area contributed by atoms with Crippen LogP contribution in [0.4, 0.5) is 5.69 Å². The van der Waals surface area contributed by atoms with Crippen molar-refractivity contribution in [2.45, 2.75) is 50.6 Å². The largest absolute Gasteiger partial charge is 0.492 e. The van der Waals surface area contributed by atoms with Crippen LogP contribution in [-0.4, -0.2) is 50.9 Å². The average molecular weight is 662 g/mol. The quantitative estimate of drug-likeness (QED) is 0.139. The maximum atomic E-state index is 14.6. The van der Waals surface area contributed by atoms with Gasteiger partial charge in [0.2, 0.25) is 11.8 Å². The first kappa shape index (κ1) is 34.5. The fourth-order valence-corrected chi connectivity index (χ4v) is 6.58. The second-order valence-electron chi connectivity index (χ2n) is 10.7. The summed E-state index contributed by atoms with van der Waals surface area (Å²) in [6.45, 7) is 4.11. The van der Waals surface area contributed by atoms with Gasteiger partial charge in [-0.3, -0.25) is 13.9 Å². The molecule has 0 unspecified atom stereocenters. The van der Waals surface area contributed by atoms with Crippen LogP contribution in [0.1, 0.15) is 37.8 Å². The van der Waals surface area contributed by atoms with E-state index in [1.807, 2.05) is 67.6 Å². The van der Waals surface area contributed by atoms with E-state index in [-0.39, 0.29) is 36.1 Å². The zero-order valence-electron chi connectivity index (χ0n) is 26.1. The van der Waals surface area contributed by atoms with Crippen molar-refractivity contribution in [2.24, 2.45) is 0 Å². The van der Waals surface area contributed by atoms with Gasteiger partial charge in [0.15, 0.2) is 0 Å². The summed E-state index contributed by atoms with van der Waals surface area (Å²) in [6, 6.07) is 30.4. The Kier molecular flexibility index (Phi) is 12.6. The number of nitrogens with one attached hydrogen (secondary N) is 1. The summed E-state index contributed by atoms with van der Waals surface area (Å²) >= 11 is 6.08. The van der Waals surface area contributed by atoms with Crippen molar-refractivity contribution in [3.05, 3.63) is 125 Å². The van der Waals surface area contributed by atoms with E-state index in [0.717, 1.165) is 28.3 Å². The highest BCUT2D eigenvalue weighted by Gasteiger charge is 2.35. The molecule has 4 rings (SSSR count). The van der Waals surface area contributed by atoms with Gasteiger partial charge in [-0.2, -0.15) is 0 Å². The third kappa shape index (κ3) is 9.11. The fourth-order valence-electron chi connectivity index (χ4n) is 5.03. The summed E-state index contributed by atoms with van der Waals surface area (Å²) in [5.74, 6) is -0.536. The number of nitrogens with zero attached hydrogens (tertiary/aromatic N) is 2. The number of amides is 2. The van der Waals surface area contributed by atoms with Crippen molar-refractivity contribution in [2.75, 3.05) is 24.0 Å². The van der Waals surface area contributed by atoms with E-state index >= 15 is 0 Å². The van der Waals surface area contributed by atoms with E-state index in [1.165, 1.54) is 29.2 Å². The summed E-state index contributed by atoms with van der Waals surface area (Å²) in [7, 11) is -4.29. The molecule has 10 heteroatoms. The number of sulfonamides is 1. The molecule has 0 bridgehead atoms. The summed E-state index contributed by atoms with van der Waals surface area (Å²) in [4.78, 5) is 29.9. The Bertz CT molecular complexity index is 1670. The number of rotatable bonds is 16. The van der Waals surface area contributed by atoms with Crippen molar-refractivity contribution in [1.82, 2.24) is 10.2 Å². The minimum atomic E-state index is -4.29. The lowest BCUT2D eigenvalue weighted by molar-refractivity contribution is -0.140. The molecule has 0 aliphatic heterocycles. The molecule has 0 aromatic heterocycles. The summed E-state index contributed by atoms with van der Waals surface area (Å²) in [6.07, 6.45) is 1.93. The Morgan fingerprint density at radius 3 is 2.07 bits per heavy atom. The number of ether oxygens (including phenoxy) is 1. The van der Waals surface area contributed by atoms with E-state index in [2.05, 4.69) is 5.32 Å². The Morgan fingerprint density at radius 1 is 0.826 bits per heavy atom. The number of carbonyl (C=O) groups excluding carboxylic acids is 2. The summed E-state index contributed by atoms with van der Waals surface area (Å²) < 4.78 is 35.4. The molecule has 0 aliphatic carbocycles. The van der Waals surface area contributed by atoms with E-state index in [0.29, 0.717) is 17.3 Å². The Hall–Kier alpha value is -4.34. The SMILES string of the molecule is CCCCNC(=O)[C@@H](Cc1ccccc1)N(Cc1ccccc1)C(=O)CN(c1ccccc1OCC)S(=O)(=O)c1ccc(Cl)cc1. The topological polar surface area (TPSA) is 96.0 Å². The second-order valence-corrected chi connectivity index (χ2v) is 13.0. The van der Waals surface area contributed by atoms with Crippen LogP contribution >= 0.6 is 11.6 Å². The van der Waals surface area contributed by atoms with E-state index in [4.69, 9.17) is 16.3 Å². The van der Waals surface area contributed by atoms with Gasteiger partial charge in [0.1, 0.15) is 18.3 Å². The van der Waals surface area contributed by atoms with Gasteiger partial charge >= 0.3 is 0 Å². The lowest BCUT2D eigenvalue weighted by Gasteiger charge is -2.34. The third-order valence-electron chi connectivity index (χ3n) is 7.41. The molecule has 8 nitrogen and oxygen atoms in total. The monoisotopic (exact) mass is 661 g/mol. The van der Waals surface area contributed by atoms with Crippen LogP contribution in [0.5, 0.6) is 5.75 Å². The number of para-hydroxylation sites is 2. The zero-order chi connectivity index (χ0) is 32.9. The number of hydrogen-bond donors (Lipinski definition) is 1. The predicted molar refractivity (Wildman–Crippen MR) is 182 cm³/mol.